The summed E-state index contributed by atoms with van der Waals surface area (Å²) < 4.78 is 10.6. The highest BCUT2D eigenvalue weighted by molar-refractivity contribution is 7.15. The monoisotopic (exact) mass is 478 g/mol. The summed E-state index contributed by atoms with van der Waals surface area (Å²) in [5.74, 6) is 0.275. The van der Waals surface area contributed by atoms with Gasteiger partial charge in [0.05, 0.1) is 25.0 Å². The van der Waals surface area contributed by atoms with E-state index in [0.29, 0.717) is 36.7 Å². The molecule has 32 heavy (non-hydrogen) atoms. The number of hydrogen-bond acceptors (Lipinski definition) is 10. The fraction of sp³-hybridized carbons (Fsp3) is 0.700. The number of carbonyl (C=O) groups is 2. The molecule has 2 aromatic rings. The predicted molar refractivity (Wildman–Crippen MR) is 119 cm³/mol. The van der Waals surface area contributed by atoms with Crippen molar-refractivity contribution in [1.29, 1.82) is 0 Å². The van der Waals surface area contributed by atoms with Crippen molar-refractivity contribution in [2.45, 2.75) is 50.4 Å². The molecule has 5 rings (SSSR count). The average molecular weight is 479 g/mol. The Hall–Kier alpha value is -2.02. The highest BCUT2D eigenvalue weighted by Gasteiger charge is 2.31. The van der Waals surface area contributed by atoms with Gasteiger partial charge in [-0.05, 0) is 32.1 Å². The predicted octanol–water partition coefficient (Wildman–Crippen LogP) is 2.78. The Morgan fingerprint density at radius 3 is 1.69 bits per heavy atom. The van der Waals surface area contributed by atoms with E-state index >= 15 is 0 Å². The van der Waals surface area contributed by atoms with Gasteiger partial charge in [0, 0.05) is 25.0 Å². The number of hydrogen-bond donors (Lipinski definition) is 2. The largest absolute Gasteiger partial charge is 0.381 e. The number of rotatable bonds is 6. The Morgan fingerprint density at radius 2 is 1.25 bits per heavy atom. The lowest BCUT2D eigenvalue weighted by Gasteiger charge is -2.25. The van der Waals surface area contributed by atoms with Gasteiger partial charge < -0.3 is 20.1 Å². The average Bonchev–Trinajstić information content (AvgIpc) is 3.61. The van der Waals surface area contributed by atoms with Crippen molar-refractivity contribution in [3.63, 3.8) is 0 Å². The lowest BCUT2D eigenvalue weighted by molar-refractivity contribution is -0.120. The lowest BCUT2D eigenvalue weighted by atomic mass is 9.82. The third kappa shape index (κ3) is 4.98. The molecule has 2 N–H and O–H groups in total. The molecular weight excluding hydrogens is 452 g/mol. The van der Waals surface area contributed by atoms with E-state index in [0.717, 1.165) is 48.5 Å². The number of carbonyl (C=O) groups excluding carboxylic acids is 2. The number of nitrogens with one attached hydrogen (secondary N) is 2. The number of nitrogens with zero attached hydrogens (tertiary/aromatic N) is 4. The minimum absolute atomic E-state index is 0.0423. The fourth-order valence-corrected chi connectivity index (χ4v) is 6.22. The van der Waals surface area contributed by atoms with Crippen molar-refractivity contribution in [3.05, 3.63) is 10.0 Å². The van der Waals surface area contributed by atoms with E-state index in [2.05, 4.69) is 31.0 Å². The van der Waals surface area contributed by atoms with Gasteiger partial charge in [0.25, 0.3) is 0 Å². The van der Waals surface area contributed by atoms with E-state index < -0.39 is 0 Å². The second-order valence-corrected chi connectivity index (χ2v) is 10.6. The van der Waals surface area contributed by atoms with Gasteiger partial charge in [-0.2, -0.15) is 0 Å². The first-order valence-electron chi connectivity index (χ1n) is 11.1. The van der Waals surface area contributed by atoms with Crippen LogP contribution in [-0.4, -0.2) is 58.6 Å². The summed E-state index contributed by atoms with van der Waals surface area (Å²) in [6.07, 6.45) is 5.56. The van der Waals surface area contributed by atoms with Gasteiger partial charge in [-0.3, -0.25) is 9.59 Å². The number of anilines is 2. The summed E-state index contributed by atoms with van der Waals surface area (Å²) in [4.78, 5) is 24.6. The van der Waals surface area contributed by atoms with Crippen LogP contribution in [0.5, 0.6) is 0 Å². The van der Waals surface area contributed by atoms with E-state index in [1.807, 2.05) is 0 Å². The van der Waals surface area contributed by atoms with Gasteiger partial charge in [-0.15, -0.1) is 20.4 Å². The molecule has 0 aromatic carbocycles. The molecule has 4 unspecified atom stereocenters. The maximum atomic E-state index is 12.3. The van der Waals surface area contributed by atoms with Crippen LogP contribution in [0.25, 0.3) is 0 Å². The van der Waals surface area contributed by atoms with Crippen LogP contribution in [-0.2, 0) is 19.1 Å². The van der Waals surface area contributed by atoms with E-state index in [4.69, 9.17) is 9.47 Å². The molecule has 3 aliphatic rings. The number of amides is 2. The van der Waals surface area contributed by atoms with Crippen LogP contribution in [0.15, 0.2) is 0 Å². The van der Waals surface area contributed by atoms with E-state index in [1.165, 1.54) is 22.7 Å². The molecule has 1 saturated carbocycles. The van der Waals surface area contributed by atoms with Gasteiger partial charge in [0.15, 0.2) is 0 Å². The summed E-state index contributed by atoms with van der Waals surface area (Å²) in [6, 6.07) is 0. The highest BCUT2D eigenvalue weighted by Crippen LogP contribution is 2.43. The quantitative estimate of drug-likeness (QED) is 0.649. The lowest BCUT2D eigenvalue weighted by Crippen LogP contribution is -2.22. The third-order valence-corrected chi connectivity index (χ3v) is 8.32. The Bertz CT molecular complexity index is 879. The first-order valence-corrected chi connectivity index (χ1v) is 12.7. The van der Waals surface area contributed by atoms with Gasteiger partial charge in [-0.25, -0.2) is 0 Å². The van der Waals surface area contributed by atoms with Crippen molar-refractivity contribution in [2.24, 2.45) is 11.8 Å². The van der Waals surface area contributed by atoms with Crippen molar-refractivity contribution in [1.82, 2.24) is 20.4 Å². The van der Waals surface area contributed by atoms with Crippen LogP contribution in [0, 0.1) is 11.8 Å². The zero-order valence-electron chi connectivity index (χ0n) is 17.6. The van der Waals surface area contributed by atoms with Gasteiger partial charge in [0.1, 0.15) is 10.0 Å². The molecular formula is C20H26N6O4S2. The first-order chi connectivity index (χ1) is 15.7. The standard InChI is InChI=1S/C20H26N6O4S2/c27-15(13-4-6-29-9-13)21-19-25-23-17(31-19)11-2-1-3-12(8-11)18-24-26-20(32-18)22-16(28)14-5-7-30-10-14/h11-14H,1-10H2,(H,21,25,27)(H,22,26,28). The van der Waals surface area contributed by atoms with Crippen LogP contribution in [0.4, 0.5) is 10.3 Å². The molecule has 4 atom stereocenters. The molecule has 0 spiro atoms. The van der Waals surface area contributed by atoms with E-state index in [9.17, 15) is 9.59 Å². The Morgan fingerprint density at radius 1 is 0.750 bits per heavy atom. The molecule has 172 valence electrons. The number of ether oxygens (including phenoxy) is 2. The Labute approximate surface area is 193 Å². The summed E-state index contributed by atoms with van der Waals surface area (Å²) in [5, 5.41) is 25.9. The second kappa shape index (κ2) is 9.86. The van der Waals surface area contributed by atoms with E-state index in [1.54, 1.807) is 0 Å². The normalized spacial score (nSPS) is 28.0. The van der Waals surface area contributed by atoms with Gasteiger partial charge in [-0.1, -0.05) is 29.1 Å². The van der Waals surface area contributed by atoms with Crippen LogP contribution >= 0.6 is 22.7 Å². The molecule has 2 aliphatic heterocycles. The summed E-state index contributed by atoms with van der Waals surface area (Å²) in [7, 11) is 0. The first kappa shape index (κ1) is 21.8. The zero-order valence-corrected chi connectivity index (χ0v) is 19.3. The second-order valence-electron chi connectivity index (χ2n) is 8.55. The molecule has 12 heteroatoms. The van der Waals surface area contributed by atoms with Crippen molar-refractivity contribution < 1.29 is 19.1 Å². The van der Waals surface area contributed by atoms with Crippen LogP contribution in [0.2, 0.25) is 0 Å². The Kier molecular flexibility index (Phi) is 6.72. The maximum Gasteiger partial charge on any atom is 0.231 e. The van der Waals surface area contributed by atoms with Gasteiger partial charge >= 0.3 is 0 Å². The molecule has 1 aliphatic carbocycles. The molecule has 4 heterocycles. The summed E-state index contributed by atoms with van der Waals surface area (Å²) in [6.45, 7) is 2.21. The highest BCUT2D eigenvalue weighted by atomic mass is 32.1. The smallest absolute Gasteiger partial charge is 0.231 e. The summed E-state index contributed by atoms with van der Waals surface area (Å²) in [5.41, 5.74) is 0. The summed E-state index contributed by atoms with van der Waals surface area (Å²) >= 11 is 2.91. The molecule has 0 bridgehead atoms. The van der Waals surface area contributed by atoms with Crippen LogP contribution in [0.1, 0.15) is 60.4 Å². The molecule has 10 nitrogen and oxygen atoms in total. The van der Waals surface area contributed by atoms with Crippen molar-refractivity contribution >= 4 is 44.8 Å². The van der Waals surface area contributed by atoms with Crippen LogP contribution < -0.4 is 10.6 Å². The van der Waals surface area contributed by atoms with Crippen molar-refractivity contribution in [2.75, 3.05) is 37.1 Å². The van der Waals surface area contributed by atoms with E-state index in [-0.39, 0.29) is 35.5 Å². The molecule has 2 saturated heterocycles. The molecule has 2 aromatic heterocycles. The maximum absolute atomic E-state index is 12.3. The zero-order chi connectivity index (χ0) is 21.9. The van der Waals surface area contributed by atoms with Crippen molar-refractivity contribution in [3.8, 4) is 0 Å². The third-order valence-electron chi connectivity index (χ3n) is 6.32. The fourth-order valence-electron chi connectivity index (χ4n) is 4.44. The molecule has 2 amide bonds. The minimum atomic E-state index is -0.102. The minimum Gasteiger partial charge on any atom is -0.381 e. The molecule has 3 fully saturated rings. The van der Waals surface area contributed by atoms with Gasteiger partial charge in [0.2, 0.25) is 22.1 Å². The molecule has 0 radical (unpaired) electrons. The topological polar surface area (TPSA) is 128 Å². The number of aromatic nitrogens is 4. The Balaban J connectivity index is 1.18. The van der Waals surface area contributed by atoms with Crippen LogP contribution in [0.3, 0.4) is 0 Å². The SMILES string of the molecule is O=C(Nc1nnc(C2CCCC(c3nnc(NC(=O)C4CCOC4)s3)C2)s1)C1CCOC1.